The minimum absolute atomic E-state index is 0.0201. The van der Waals surface area contributed by atoms with Gasteiger partial charge in [-0.1, -0.05) is 0 Å². The van der Waals surface area contributed by atoms with Crippen molar-refractivity contribution in [2.75, 3.05) is 13.3 Å². The summed E-state index contributed by atoms with van der Waals surface area (Å²) in [6, 6.07) is -0.626. The van der Waals surface area contributed by atoms with Crippen molar-refractivity contribution in [1.29, 1.82) is 0 Å². The quantitative estimate of drug-likeness (QED) is 0.398. The zero-order valence-corrected chi connectivity index (χ0v) is 5.13. The molecular weight excluding hydrogens is 138 g/mol. The molecule has 1 saturated heterocycles. The second kappa shape index (κ2) is 2.63. The first-order valence-corrected chi connectivity index (χ1v) is 2.70. The molecule has 0 unspecified atom stereocenters. The van der Waals surface area contributed by atoms with Crippen molar-refractivity contribution in [3.8, 4) is 0 Å². The third-order valence-electron chi connectivity index (χ3n) is 1.06. The first kappa shape index (κ1) is 6.97. The Kier molecular flexibility index (Phi) is 1.83. The second-order valence-corrected chi connectivity index (χ2v) is 1.76. The summed E-state index contributed by atoms with van der Waals surface area (Å²) in [7, 11) is 0. The highest BCUT2D eigenvalue weighted by atomic mass is 16.3. The van der Waals surface area contributed by atoms with Crippen molar-refractivity contribution in [2.45, 2.75) is 0 Å². The Labute approximate surface area is 56.8 Å². The minimum atomic E-state index is -0.626. The Bertz CT molecular complexity index is 169. The van der Waals surface area contributed by atoms with Crippen LogP contribution in [0.4, 0.5) is 4.79 Å². The van der Waals surface area contributed by atoms with Crippen LogP contribution in [0.5, 0.6) is 0 Å². The fourth-order valence-corrected chi connectivity index (χ4v) is 0.584. The van der Waals surface area contributed by atoms with Crippen LogP contribution in [-0.2, 0) is 4.79 Å². The van der Waals surface area contributed by atoms with Crippen LogP contribution >= 0.6 is 0 Å². The number of nitrogens with one attached hydrogen (secondary N) is 2. The molecule has 1 rings (SSSR count). The summed E-state index contributed by atoms with van der Waals surface area (Å²) in [5.74, 6) is -0.394. The Balaban J connectivity index is 2.51. The van der Waals surface area contributed by atoms with Gasteiger partial charge < -0.3 is 5.11 Å². The molecule has 0 aromatic carbocycles. The normalized spacial score (nSPS) is 19.1. The molecule has 0 aromatic heterocycles. The predicted molar refractivity (Wildman–Crippen MR) is 30.5 cm³/mol. The van der Waals surface area contributed by atoms with E-state index in [2.05, 4.69) is 5.43 Å². The zero-order valence-electron chi connectivity index (χ0n) is 5.13. The molecule has 1 heterocycles. The lowest BCUT2D eigenvalue weighted by atomic mass is 10.5. The Morgan fingerprint density at radius 1 is 1.60 bits per heavy atom. The van der Waals surface area contributed by atoms with E-state index in [9.17, 15) is 9.59 Å². The lowest BCUT2D eigenvalue weighted by molar-refractivity contribution is -0.122. The van der Waals surface area contributed by atoms with Crippen LogP contribution in [-0.4, -0.2) is 35.3 Å². The van der Waals surface area contributed by atoms with Crippen molar-refractivity contribution < 1.29 is 14.7 Å². The smallest absolute Gasteiger partial charge is 0.340 e. The summed E-state index contributed by atoms with van der Waals surface area (Å²) >= 11 is 0. The fraction of sp³-hybridized carbons (Fsp3) is 0.500. The molecule has 0 atom stereocenters. The number of urea groups is 1. The van der Waals surface area contributed by atoms with E-state index in [4.69, 9.17) is 5.11 Å². The number of rotatable bonds is 1. The molecule has 3 N–H and O–H groups in total. The topological polar surface area (TPSA) is 81.7 Å². The van der Waals surface area contributed by atoms with Crippen molar-refractivity contribution >= 4 is 11.9 Å². The highest BCUT2D eigenvalue weighted by Crippen LogP contribution is 1.86. The van der Waals surface area contributed by atoms with Crippen molar-refractivity contribution in [3.05, 3.63) is 0 Å². The lowest BCUT2D eigenvalue weighted by Gasteiger charge is -2.24. The summed E-state index contributed by atoms with van der Waals surface area (Å²) in [5.41, 5.74) is 2.39. The lowest BCUT2D eigenvalue weighted by Crippen LogP contribution is -2.59. The maximum atomic E-state index is 10.6. The maximum Gasteiger partial charge on any atom is 0.340 e. The molecule has 1 aliphatic heterocycles. The van der Waals surface area contributed by atoms with Crippen LogP contribution in [0, 0.1) is 0 Å². The average Bonchev–Trinajstić information content (AvgIpc) is 1.88. The number of amides is 3. The third-order valence-corrected chi connectivity index (χ3v) is 1.06. The molecule has 0 aromatic rings. The van der Waals surface area contributed by atoms with Gasteiger partial charge in [-0.25, -0.2) is 15.2 Å². The number of nitrogens with zero attached hydrogens (tertiary/aromatic N) is 1. The number of hydrogen-bond donors (Lipinski definition) is 3. The van der Waals surface area contributed by atoms with Crippen LogP contribution in [0.3, 0.4) is 0 Å². The summed E-state index contributed by atoms with van der Waals surface area (Å²) in [4.78, 5) is 21.0. The average molecular weight is 145 g/mol. The number of hydrogen-bond acceptors (Lipinski definition) is 4. The van der Waals surface area contributed by atoms with E-state index in [0.717, 1.165) is 5.01 Å². The Morgan fingerprint density at radius 3 is 2.80 bits per heavy atom. The van der Waals surface area contributed by atoms with Crippen molar-refractivity contribution in [1.82, 2.24) is 15.8 Å². The van der Waals surface area contributed by atoms with E-state index in [1.54, 1.807) is 0 Å². The van der Waals surface area contributed by atoms with Crippen LogP contribution in [0.15, 0.2) is 0 Å². The molecule has 1 fully saturated rings. The van der Waals surface area contributed by atoms with Gasteiger partial charge in [-0.3, -0.25) is 10.1 Å². The van der Waals surface area contributed by atoms with E-state index in [1.165, 1.54) is 0 Å². The van der Waals surface area contributed by atoms with Crippen LogP contribution in [0.25, 0.3) is 0 Å². The van der Waals surface area contributed by atoms with E-state index < -0.39 is 18.7 Å². The second-order valence-electron chi connectivity index (χ2n) is 1.76. The zero-order chi connectivity index (χ0) is 7.56. The molecule has 3 amide bonds. The SMILES string of the molecule is O=C1CNN(CO)C(=O)N1. The molecule has 0 spiro atoms. The number of aliphatic hydroxyl groups is 1. The minimum Gasteiger partial charge on any atom is -0.375 e. The van der Waals surface area contributed by atoms with Gasteiger partial charge in [0.2, 0.25) is 5.91 Å². The number of aliphatic hydroxyl groups excluding tert-OH is 1. The van der Waals surface area contributed by atoms with Crippen LogP contribution < -0.4 is 10.7 Å². The molecule has 0 radical (unpaired) electrons. The summed E-state index contributed by atoms with van der Waals surface area (Å²) in [5, 5.41) is 11.3. The number of carbonyl (C=O) groups is 2. The van der Waals surface area contributed by atoms with Gasteiger partial charge in [-0.2, -0.15) is 0 Å². The van der Waals surface area contributed by atoms with Gasteiger partial charge in [0.25, 0.3) is 0 Å². The Hall–Kier alpha value is -1.14. The predicted octanol–water partition coefficient (Wildman–Crippen LogP) is -2.01. The highest BCUT2D eigenvalue weighted by molar-refractivity contribution is 5.96. The van der Waals surface area contributed by atoms with E-state index in [-0.39, 0.29) is 6.54 Å². The number of imide groups is 1. The first-order chi connectivity index (χ1) is 4.74. The molecule has 6 nitrogen and oxygen atoms in total. The molecule has 10 heavy (non-hydrogen) atoms. The molecule has 1 aliphatic rings. The fourth-order valence-electron chi connectivity index (χ4n) is 0.584. The monoisotopic (exact) mass is 145 g/mol. The summed E-state index contributed by atoms with van der Waals surface area (Å²) in [6.45, 7) is -0.425. The van der Waals surface area contributed by atoms with Crippen molar-refractivity contribution in [2.24, 2.45) is 0 Å². The van der Waals surface area contributed by atoms with Gasteiger partial charge in [-0.15, -0.1) is 0 Å². The number of hydrazine groups is 1. The van der Waals surface area contributed by atoms with Gasteiger partial charge in [0.15, 0.2) is 0 Å². The first-order valence-electron chi connectivity index (χ1n) is 2.70. The standard InChI is InChI=1S/C4H7N3O3/c8-2-7-4(10)6-3(9)1-5-7/h5,8H,1-2H2,(H,6,9,10). The highest BCUT2D eigenvalue weighted by Gasteiger charge is 2.20. The van der Waals surface area contributed by atoms with Crippen LogP contribution in [0.2, 0.25) is 0 Å². The van der Waals surface area contributed by atoms with Gasteiger partial charge in [0.1, 0.15) is 6.73 Å². The summed E-state index contributed by atoms with van der Waals surface area (Å²) < 4.78 is 0. The van der Waals surface area contributed by atoms with E-state index >= 15 is 0 Å². The molecule has 56 valence electrons. The molecular formula is C4H7N3O3. The third kappa shape index (κ3) is 1.23. The van der Waals surface area contributed by atoms with Gasteiger partial charge in [0, 0.05) is 0 Å². The van der Waals surface area contributed by atoms with Gasteiger partial charge >= 0.3 is 6.03 Å². The molecule has 0 bridgehead atoms. The van der Waals surface area contributed by atoms with Gasteiger partial charge in [0.05, 0.1) is 6.54 Å². The van der Waals surface area contributed by atoms with E-state index in [0.29, 0.717) is 0 Å². The Morgan fingerprint density at radius 2 is 2.30 bits per heavy atom. The van der Waals surface area contributed by atoms with Crippen LogP contribution in [0.1, 0.15) is 0 Å². The summed E-state index contributed by atoms with van der Waals surface area (Å²) in [6.07, 6.45) is 0. The van der Waals surface area contributed by atoms with E-state index in [1.807, 2.05) is 5.32 Å². The largest absolute Gasteiger partial charge is 0.375 e. The maximum absolute atomic E-state index is 10.6. The molecule has 6 heteroatoms. The van der Waals surface area contributed by atoms with Gasteiger partial charge in [-0.05, 0) is 0 Å². The molecule has 0 saturated carbocycles. The van der Waals surface area contributed by atoms with Crippen molar-refractivity contribution in [3.63, 3.8) is 0 Å². The molecule has 0 aliphatic carbocycles. The number of carbonyl (C=O) groups excluding carboxylic acids is 2.